The monoisotopic (exact) mass is 321 g/mol. The average Bonchev–Trinajstić information content (AvgIpc) is 2.53. The number of para-hydroxylation sites is 1. The van der Waals surface area contributed by atoms with Gasteiger partial charge in [-0.2, -0.15) is 0 Å². The first-order valence-electron chi connectivity index (χ1n) is 6.38. The molecule has 0 saturated heterocycles. The van der Waals surface area contributed by atoms with Crippen molar-refractivity contribution < 1.29 is 28.0 Å². The molecule has 0 fully saturated rings. The molecule has 6 nitrogen and oxygen atoms in total. The Bertz CT molecular complexity index is 685. The lowest BCUT2D eigenvalue weighted by atomic mass is 10.2. The quantitative estimate of drug-likeness (QED) is 0.600. The van der Waals surface area contributed by atoms with E-state index in [0.717, 1.165) is 0 Å². The molecule has 2 aromatic carbocycles. The summed E-state index contributed by atoms with van der Waals surface area (Å²) >= 11 is 0. The van der Waals surface area contributed by atoms with Crippen LogP contribution in [0.1, 0.15) is 15.9 Å². The predicted octanol–water partition coefficient (Wildman–Crippen LogP) is 2.54. The molecule has 0 amide bonds. The van der Waals surface area contributed by atoms with E-state index in [1.165, 1.54) is 19.2 Å². The number of benzene rings is 2. The smallest absolute Gasteiger partial charge is 0.341 e. The lowest BCUT2D eigenvalue weighted by Gasteiger charge is -2.24. The van der Waals surface area contributed by atoms with Crippen LogP contribution in [0, 0.1) is 0 Å². The normalized spacial score (nSPS) is 13.2. The van der Waals surface area contributed by atoms with Crippen molar-refractivity contribution in [3.8, 4) is 5.75 Å². The predicted molar refractivity (Wildman–Crippen MR) is 77.2 cm³/mol. The lowest BCUT2D eigenvalue weighted by Crippen LogP contribution is -2.13. The molecule has 22 heavy (non-hydrogen) atoms. The van der Waals surface area contributed by atoms with Crippen LogP contribution in [0.5, 0.6) is 5.75 Å². The van der Waals surface area contributed by atoms with Gasteiger partial charge >= 0.3 is 13.8 Å². The van der Waals surface area contributed by atoms with Gasteiger partial charge in [-0.05, 0) is 17.7 Å². The van der Waals surface area contributed by atoms with Gasteiger partial charge < -0.3 is 18.7 Å². The number of hydrogen-bond acceptors (Lipinski definition) is 6. The van der Waals surface area contributed by atoms with Gasteiger partial charge in [0.25, 0.3) is 0 Å². The molecule has 0 spiro atoms. The Kier molecular flexibility index (Phi) is 5.33. The van der Waals surface area contributed by atoms with E-state index in [0.29, 0.717) is 5.56 Å². The van der Waals surface area contributed by atoms with Crippen LogP contribution in [-0.4, -0.2) is 13.1 Å². The molecule has 2 aromatic rings. The Morgan fingerprint density at radius 3 is 2.41 bits per heavy atom. The van der Waals surface area contributed by atoms with Crippen molar-refractivity contribution in [2.45, 2.75) is 6.61 Å². The second-order valence-electron chi connectivity index (χ2n) is 4.29. The van der Waals surface area contributed by atoms with Crippen LogP contribution in [0.25, 0.3) is 0 Å². The molecule has 116 valence electrons. The standard InChI is InChI=1S/C15H15O6P/c1-19-15(16)13-9-5-6-10-14(13)21-22(17,18)20-11-12-7-3-2-4-8-12/h2-10H,11H2,1H3,(H,17,18)/p-1. The summed E-state index contributed by atoms with van der Waals surface area (Å²) < 4.78 is 26.1. The van der Waals surface area contributed by atoms with Crippen molar-refractivity contribution in [3.05, 3.63) is 65.7 Å². The van der Waals surface area contributed by atoms with Gasteiger partial charge in [0.05, 0.1) is 13.7 Å². The molecule has 0 heterocycles. The Morgan fingerprint density at radius 1 is 1.09 bits per heavy atom. The number of carbonyl (C=O) groups is 1. The summed E-state index contributed by atoms with van der Waals surface area (Å²) in [5.41, 5.74) is 0.688. The lowest BCUT2D eigenvalue weighted by molar-refractivity contribution is -0.218. The van der Waals surface area contributed by atoms with Crippen molar-refractivity contribution in [2.24, 2.45) is 0 Å². The van der Waals surface area contributed by atoms with Crippen LogP contribution in [0.3, 0.4) is 0 Å². The molecule has 0 radical (unpaired) electrons. The number of hydrogen-bond donors (Lipinski definition) is 0. The third-order valence-electron chi connectivity index (χ3n) is 2.73. The summed E-state index contributed by atoms with van der Waals surface area (Å²) in [4.78, 5) is 23.4. The van der Waals surface area contributed by atoms with E-state index < -0.39 is 13.8 Å². The number of ether oxygens (including phenoxy) is 1. The second kappa shape index (κ2) is 7.22. The minimum absolute atomic E-state index is 0.00406. The summed E-state index contributed by atoms with van der Waals surface area (Å²) in [5, 5.41) is 0. The minimum Gasteiger partial charge on any atom is -0.746 e. The molecular formula is C15H14O6P-. The third-order valence-corrected chi connectivity index (χ3v) is 3.60. The molecular weight excluding hydrogens is 307 g/mol. The van der Waals surface area contributed by atoms with E-state index in [2.05, 4.69) is 4.74 Å². The Labute approximate surface area is 127 Å². The molecule has 0 aliphatic rings. The highest BCUT2D eigenvalue weighted by molar-refractivity contribution is 7.46. The molecule has 0 aliphatic heterocycles. The van der Waals surface area contributed by atoms with Gasteiger partial charge in [-0.3, -0.25) is 4.57 Å². The topological polar surface area (TPSA) is 84.9 Å². The van der Waals surface area contributed by atoms with Gasteiger partial charge in [-0.15, -0.1) is 0 Å². The maximum Gasteiger partial charge on any atom is 0.341 e. The molecule has 7 heteroatoms. The zero-order valence-electron chi connectivity index (χ0n) is 11.8. The van der Waals surface area contributed by atoms with E-state index in [1.807, 2.05) is 6.07 Å². The highest BCUT2D eigenvalue weighted by atomic mass is 31.2. The second-order valence-corrected chi connectivity index (χ2v) is 5.62. The first kappa shape index (κ1) is 16.2. The molecule has 0 aromatic heterocycles. The molecule has 0 bridgehead atoms. The number of phosphoric acid groups is 1. The number of rotatable bonds is 6. The van der Waals surface area contributed by atoms with Gasteiger partial charge in [0.15, 0.2) is 0 Å². The van der Waals surface area contributed by atoms with Crippen LogP contribution >= 0.6 is 7.82 Å². The fourth-order valence-corrected chi connectivity index (χ4v) is 2.46. The minimum atomic E-state index is -4.61. The van der Waals surface area contributed by atoms with Crippen LogP contribution in [-0.2, 0) is 20.4 Å². The van der Waals surface area contributed by atoms with Gasteiger partial charge in [-0.1, -0.05) is 42.5 Å². The summed E-state index contributed by atoms with van der Waals surface area (Å²) in [6, 6.07) is 14.7. The van der Waals surface area contributed by atoms with Crippen LogP contribution in [0.2, 0.25) is 0 Å². The van der Waals surface area contributed by atoms with Crippen LogP contribution < -0.4 is 9.42 Å². The van der Waals surface area contributed by atoms with E-state index in [-0.39, 0.29) is 17.9 Å². The molecule has 1 atom stereocenters. The van der Waals surface area contributed by atoms with Crippen molar-refractivity contribution in [1.29, 1.82) is 0 Å². The maximum absolute atomic E-state index is 11.9. The Morgan fingerprint density at radius 2 is 1.73 bits per heavy atom. The highest BCUT2D eigenvalue weighted by Crippen LogP contribution is 2.41. The third kappa shape index (κ3) is 4.43. The Balaban J connectivity index is 2.09. The van der Waals surface area contributed by atoms with E-state index in [1.54, 1.807) is 36.4 Å². The number of methoxy groups -OCH3 is 1. The highest BCUT2D eigenvalue weighted by Gasteiger charge is 2.18. The number of carbonyl (C=O) groups excluding carboxylic acids is 1. The van der Waals surface area contributed by atoms with E-state index in [9.17, 15) is 14.3 Å². The number of phosphoric ester groups is 1. The van der Waals surface area contributed by atoms with Crippen molar-refractivity contribution in [1.82, 2.24) is 0 Å². The molecule has 2 rings (SSSR count). The molecule has 0 aliphatic carbocycles. The number of esters is 1. The summed E-state index contributed by atoms with van der Waals surface area (Å²) in [6.07, 6.45) is 0. The first-order valence-corrected chi connectivity index (χ1v) is 7.84. The van der Waals surface area contributed by atoms with Gasteiger partial charge in [0.2, 0.25) is 0 Å². The van der Waals surface area contributed by atoms with E-state index >= 15 is 0 Å². The van der Waals surface area contributed by atoms with Gasteiger partial charge in [0, 0.05) is 0 Å². The summed E-state index contributed by atoms with van der Waals surface area (Å²) in [5.74, 6) is -0.834. The zero-order chi connectivity index (χ0) is 16.0. The van der Waals surface area contributed by atoms with Crippen LogP contribution in [0.15, 0.2) is 54.6 Å². The fraction of sp³-hybridized carbons (Fsp3) is 0.133. The summed E-state index contributed by atoms with van der Waals surface area (Å²) in [6.45, 7) is -0.151. The van der Waals surface area contributed by atoms with Crippen molar-refractivity contribution in [2.75, 3.05) is 7.11 Å². The largest absolute Gasteiger partial charge is 0.746 e. The fourth-order valence-electron chi connectivity index (χ4n) is 1.70. The molecule has 0 saturated carbocycles. The molecule has 1 unspecified atom stereocenters. The van der Waals surface area contributed by atoms with Crippen LogP contribution in [0.4, 0.5) is 0 Å². The first-order chi connectivity index (χ1) is 10.5. The Hall–Kier alpha value is -2.14. The van der Waals surface area contributed by atoms with Gasteiger partial charge in [-0.25, -0.2) is 4.79 Å². The zero-order valence-corrected chi connectivity index (χ0v) is 12.7. The van der Waals surface area contributed by atoms with Crippen molar-refractivity contribution in [3.63, 3.8) is 0 Å². The summed E-state index contributed by atoms with van der Waals surface area (Å²) in [7, 11) is -3.42. The van der Waals surface area contributed by atoms with Crippen molar-refractivity contribution >= 4 is 13.8 Å². The molecule has 0 N–H and O–H groups in total. The average molecular weight is 321 g/mol. The van der Waals surface area contributed by atoms with E-state index in [4.69, 9.17) is 9.05 Å². The van der Waals surface area contributed by atoms with Gasteiger partial charge in [0.1, 0.15) is 11.3 Å². The SMILES string of the molecule is COC(=O)c1ccccc1OP(=O)([O-])OCc1ccccc1. The maximum atomic E-state index is 11.9.